The molecular formula is C16H20N2O2. The van der Waals surface area contributed by atoms with E-state index >= 15 is 0 Å². The van der Waals surface area contributed by atoms with Crippen LogP contribution in [0.15, 0.2) is 18.2 Å². The third-order valence-corrected chi connectivity index (χ3v) is 5.04. The van der Waals surface area contributed by atoms with Gasteiger partial charge < -0.3 is 14.9 Å². The van der Waals surface area contributed by atoms with Crippen LogP contribution >= 0.6 is 0 Å². The number of para-hydroxylation sites is 1. The van der Waals surface area contributed by atoms with Gasteiger partial charge in [0.1, 0.15) is 0 Å². The minimum atomic E-state index is -0.804. The molecule has 1 aromatic carbocycles. The van der Waals surface area contributed by atoms with E-state index < -0.39 is 6.09 Å². The zero-order chi connectivity index (χ0) is 13.7. The standard InChI is InChI=1S/C16H20N2O2/c19-16(20)18-9-8-17-7-6-13(11-4-5-11)14-3-1-2-12(10-18)15(14)17/h1-3,11,13H,4-10H2,(H,19,20). The predicted molar refractivity (Wildman–Crippen MR) is 77.2 cm³/mol. The van der Waals surface area contributed by atoms with Crippen molar-refractivity contribution in [3.8, 4) is 0 Å². The smallest absolute Gasteiger partial charge is 0.407 e. The Morgan fingerprint density at radius 2 is 2.00 bits per heavy atom. The number of carbonyl (C=O) groups is 1. The van der Waals surface area contributed by atoms with Gasteiger partial charge in [-0.2, -0.15) is 0 Å². The molecule has 106 valence electrons. The highest BCUT2D eigenvalue weighted by atomic mass is 16.4. The molecule has 1 atom stereocenters. The van der Waals surface area contributed by atoms with Gasteiger partial charge in [0.15, 0.2) is 0 Å². The summed E-state index contributed by atoms with van der Waals surface area (Å²) in [6.07, 6.45) is 3.17. The maximum Gasteiger partial charge on any atom is 0.407 e. The number of nitrogens with zero attached hydrogens (tertiary/aromatic N) is 2. The average molecular weight is 272 g/mol. The van der Waals surface area contributed by atoms with Crippen LogP contribution in [-0.2, 0) is 6.54 Å². The van der Waals surface area contributed by atoms with E-state index in [1.165, 1.54) is 36.1 Å². The highest BCUT2D eigenvalue weighted by Crippen LogP contribution is 2.50. The second-order valence-electron chi connectivity index (χ2n) is 6.28. The highest BCUT2D eigenvalue weighted by Gasteiger charge is 2.38. The molecular weight excluding hydrogens is 252 g/mol. The molecule has 0 aromatic heterocycles. The molecule has 4 rings (SSSR count). The van der Waals surface area contributed by atoms with Gasteiger partial charge in [-0.3, -0.25) is 0 Å². The number of hydrogen-bond donors (Lipinski definition) is 1. The lowest BCUT2D eigenvalue weighted by molar-refractivity contribution is 0.144. The quantitative estimate of drug-likeness (QED) is 0.855. The predicted octanol–water partition coefficient (Wildman–Crippen LogP) is 2.88. The van der Waals surface area contributed by atoms with Crippen LogP contribution in [0.3, 0.4) is 0 Å². The molecule has 2 heterocycles. The molecule has 1 fully saturated rings. The molecule has 2 aliphatic heterocycles. The van der Waals surface area contributed by atoms with Crippen molar-refractivity contribution in [3.63, 3.8) is 0 Å². The Labute approximate surface area is 119 Å². The summed E-state index contributed by atoms with van der Waals surface area (Å²) in [5.74, 6) is 1.58. The van der Waals surface area contributed by atoms with Gasteiger partial charge in [0.2, 0.25) is 0 Å². The van der Waals surface area contributed by atoms with E-state index in [-0.39, 0.29) is 0 Å². The summed E-state index contributed by atoms with van der Waals surface area (Å²) < 4.78 is 0. The monoisotopic (exact) mass is 272 g/mol. The molecule has 1 aromatic rings. The zero-order valence-electron chi connectivity index (χ0n) is 11.6. The summed E-state index contributed by atoms with van der Waals surface area (Å²) in [5.41, 5.74) is 4.01. The van der Waals surface area contributed by atoms with Crippen molar-refractivity contribution < 1.29 is 9.90 Å². The first kappa shape index (κ1) is 12.1. The fourth-order valence-corrected chi connectivity index (χ4v) is 3.89. The van der Waals surface area contributed by atoms with Gasteiger partial charge in [0, 0.05) is 25.3 Å². The van der Waals surface area contributed by atoms with E-state index in [9.17, 15) is 9.90 Å². The van der Waals surface area contributed by atoms with Crippen LogP contribution in [0.2, 0.25) is 0 Å². The van der Waals surface area contributed by atoms with Gasteiger partial charge in [-0.25, -0.2) is 4.79 Å². The van der Waals surface area contributed by atoms with Crippen molar-refractivity contribution >= 4 is 11.8 Å². The zero-order valence-corrected chi connectivity index (χ0v) is 11.6. The summed E-state index contributed by atoms with van der Waals surface area (Å²) >= 11 is 0. The normalized spacial score (nSPS) is 25.1. The molecule has 4 heteroatoms. The first-order chi connectivity index (χ1) is 9.74. The van der Waals surface area contributed by atoms with Crippen molar-refractivity contribution in [1.29, 1.82) is 0 Å². The maximum absolute atomic E-state index is 11.3. The largest absolute Gasteiger partial charge is 0.465 e. The van der Waals surface area contributed by atoms with Gasteiger partial charge in [0.25, 0.3) is 0 Å². The number of amides is 1. The fourth-order valence-electron chi connectivity index (χ4n) is 3.89. The first-order valence-electron chi connectivity index (χ1n) is 7.58. The second-order valence-corrected chi connectivity index (χ2v) is 6.28. The van der Waals surface area contributed by atoms with Crippen molar-refractivity contribution in [1.82, 2.24) is 4.90 Å². The summed E-state index contributed by atoms with van der Waals surface area (Å²) in [4.78, 5) is 15.3. The molecule has 1 saturated carbocycles. The molecule has 0 spiro atoms. The van der Waals surface area contributed by atoms with Crippen LogP contribution in [0.4, 0.5) is 10.5 Å². The van der Waals surface area contributed by atoms with E-state index in [0.717, 1.165) is 19.0 Å². The van der Waals surface area contributed by atoms with Crippen molar-refractivity contribution in [2.24, 2.45) is 5.92 Å². The minimum absolute atomic E-state index is 0.534. The lowest BCUT2D eigenvalue weighted by Gasteiger charge is -2.36. The molecule has 1 amide bonds. The number of hydrogen-bond acceptors (Lipinski definition) is 2. The number of rotatable bonds is 1. The molecule has 0 saturated heterocycles. The SMILES string of the molecule is O=C(O)N1CCN2CCC(C3CC3)c3cccc(c32)C1. The third kappa shape index (κ3) is 1.86. The van der Waals surface area contributed by atoms with Crippen molar-refractivity contribution in [3.05, 3.63) is 29.3 Å². The van der Waals surface area contributed by atoms with Crippen LogP contribution in [0, 0.1) is 5.92 Å². The molecule has 1 N–H and O–H groups in total. The Kier molecular flexibility index (Phi) is 2.65. The minimum Gasteiger partial charge on any atom is -0.465 e. The van der Waals surface area contributed by atoms with Crippen LogP contribution in [0.25, 0.3) is 0 Å². The van der Waals surface area contributed by atoms with Crippen LogP contribution < -0.4 is 4.90 Å². The van der Waals surface area contributed by atoms with Crippen LogP contribution in [-0.4, -0.2) is 35.7 Å². The van der Waals surface area contributed by atoms with Gasteiger partial charge in [-0.1, -0.05) is 18.2 Å². The topological polar surface area (TPSA) is 43.8 Å². The molecule has 1 unspecified atom stereocenters. The van der Waals surface area contributed by atoms with E-state index in [4.69, 9.17) is 0 Å². The molecule has 3 aliphatic rings. The van der Waals surface area contributed by atoms with E-state index in [1.807, 2.05) is 0 Å². The first-order valence-corrected chi connectivity index (χ1v) is 7.58. The number of benzene rings is 1. The molecule has 1 aliphatic carbocycles. The lowest BCUT2D eigenvalue weighted by atomic mass is 9.84. The van der Waals surface area contributed by atoms with Gasteiger partial charge in [-0.05, 0) is 42.2 Å². The van der Waals surface area contributed by atoms with Crippen molar-refractivity contribution in [2.75, 3.05) is 24.5 Å². The van der Waals surface area contributed by atoms with Gasteiger partial charge in [0.05, 0.1) is 6.54 Å². The highest BCUT2D eigenvalue weighted by molar-refractivity contribution is 5.69. The Bertz CT molecular complexity index is 553. The Balaban J connectivity index is 1.77. The van der Waals surface area contributed by atoms with E-state index in [2.05, 4.69) is 23.1 Å². The summed E-state index contributed by atoms with van der Waals surface area (Å²) in [7, 11) is 0. The van der Waals surface area contributed by atoms with Crippen molar-refractivity contribution in [2.45, 2.75) is 31.7 Å². The second kappa shape index (κ2) is 4.40. The fraction of sp³-hybridized carbons (Fsp3) is 0.562. The average Bonchev–Trinajstić information content (AvgIpc) is 3.26. The summed E-state index contributed by atoms with van der Waals surface area (Å²) in [6, 6.07) is 6.48. The molecule has 20 heavy (non-hydrogen) atoms. The van der Waals surface area contributed by atoms with Crippen LogP contribution in [0.1, 0.15) is 36.3 Å². The van der Waals surface area contributed by atoms with E-state index in [1.54, 1.807) is 4.90 Å². The molecule has 4 nitrogen and oxygen atoms in total. The van der Waals surface area contributed by atoms with Crippen LogP contribution in [0.5, 0.6) is 0 Å². The maximum atomic E-state index is 11.3. The Morgan fingerprint density at radius 3 is 2.75 bits per heavy atom. The number of anilines is 1. The number of carboxylic acid groups (broad SMARTS) is 1. The molecule has 0 bridgehead atoms. The Morgan fingerprint density at radius 1 is 1.15 bits per heavy atom. The third-order valence-electron chi connectivity index (χ3n) is 5.04. The van der Waals surface area contributed by atoms with Gasteiger partial charge in [-0.15, -0.1) is 0 Å². The summed E-state index contributed by atoms with van der Waals surface area (Å²) in [5, 5.41) is 9.29. The lowest BCUT2D eigenvalue weighted by Crippen LogP contribution is -2.37. The van der Waals surface area contributed by atoms with Gasteiger partial charge >= 0.3 is 6.09 Å². The molecule has 0 radical (unpaired) electrons. The Hall–Kier alpha value is -1.71. The summed E-state index contributed by atoms with van der Waals surface area (Å²) in [6.45, 7) is 3.05. The van der Waals surface area contributed by atoms with E-state index in [0.29, 0.717) is 19.0 Å².